The summed E-state index contributed by atoms with van der Waals surface area (Å²) < 4.78 is 0. The average molecular weight is 185 g/mol. The lowest BCUT2D eigenvalue weighted by atomic mass is 10.0. The summed E-state index contributed by atoms with van der Waals surface area (Å²) in [7, 11) is 0. The van der Waals surface area contributed by atoms with E-state index in [0.717, 1.165) is 26.1 Å². The first-order valence-electron chi connectivity index (χ1n) is 4.94. The summed E-state index contributed by atoms with van der Waals surface area (Å²) in [6, 6.07) is 0. The lowest BCUT2D eigenvalue weighted by Gasteiger charge is -2.28. The predicted molar refractivity (Wildman–Crippen MR) is 51.6 cm³/mol. The Bertz CT molecular complexity index is 174. The van der Waals surface area contributed by atoms with Crippen LogP contribution in [0.2, 0.25) is 0 Å². The van der Waals surface area contributed by atoms with Crippen LogP contribution in [0, 0.1) is 0 Å². The van der Waals surface area contributed by atoms with Crippen LogP contribution < -0.4 is 0 Å². The fraction of sp³-hybridized carbons (Fsp3) is 0.900. The van der Waals surface area contributed by atoms with Gasteiger partial charge < -0.3 is 10.0 Å². The first-order chi connectivity index (χ1) is 5.97. The topological polar surface area (TPSA) is 40.5 Å². The molecular weight excluding hydrogens is 166 g/mol. The third-order valence-electron chi connectivity index (χ3n) is 2.45. The van der Waals surface area contributed by atoms with Crippen molar-refractivity contribution in [3.63, 3.8) is 0 Å². The molecular formula is C10H19NO2. The highest BCUT2D eigenvalue weighted by molar-refractivity contribution is 5.79. The van der Waals surface area contributed by atoms with Gasteiger partial charge in [0, 0.05) is 32.5 Å². The summed E-state index contributed by atoms with van der Waals surface area (Å²) in [5.74, 6) is 0.375. The van der Waals surface area contributed by atoms with Gasteiger partial charge in [-0.3, -0.25) is 4.79 Å². The lowest BCUT2D eigenvalue weighted by Crippen LogP contribution is -2.37. The molecule has 1 aliphatic heterocycles. The van der Waals surface area contributed by atoms with Gasteiger partial charge in [0.2, 0.25) is 0 Å². The number of piperidine rings is 1. The second kappa shape index (κ2) is 4.20. The van der Waals surface area contributed by atoms with Gasteiger partial charge in [-0.15, -0.1) is 0 Å². The van der Waals surface area contributed by atoms with Gasteiger partial charge in [0.1, 0.15) is 5.78 Å². The number of hydrogen-bond acceptors (Lipinski definition) is 3. The summed E-state index contributed by atoms with van der Waals surface area (Å²) in [6.45, 7) is 6.28. The Hall–Kier alpha value is -0.410. The molecule has 0 aromatic rings. The molecule has 76 valence electrons. The van der Waals surface area contributed by atoms with E-state index < -0.39 is 5.60 Å². The highest BCUT2D eigenvalue weighted by Gasteiger charge is 2.19. The minimum Gasteiger partial charge on any atom is -0.390 e. The van der Waals surface area contributed by atoms with Crippen molar-refractivity contribution >= 4 is 5.78 Å². The molecule has 0 amide bonds. The second-order valence-electron chi connectivity index (χ2n) is 4.44. The van der Waals surface area contributed by atoms with Gasteiger partial charge >= 0.3 is 0 Å². The molecule has 0 bridgehead atoms. The van der Waals surface area contributed by atoms with Gasteiger partial charge in [0.25, 0.3) is 0 Å². The third-order valence-corrected chi connectivity index (χ3v) is 2.45. The van der Waals surface area contributed by atoms with Gasteiger partial charge in [-0.2, -0.15) is 0 Å². The van der Waals surface area contributed by atoms with Crippen molar-refractivity contribution in [2.24, 2.45) is 0 Å². The summed E-state index contributed by atoms with van der Waals surface area (Å²) in [5, 5.41) is 9.51. The number of aliphatic hydroxyl groups is 1. The largest absolute Gasteiger partial charge is 0.390 e. The summed E-state index contributed by atoms with van der Waals surface area (Å²) in [5.41, 5.74) is -0.582. The number of carbonyl (C=O) groups is 1. The van der Waals surface area contributed by atoms with Crippen molar-refractivity contribution in [3.8, 4) is 0 Å². The zero-order valence-electron chi connectivity index (χ0n) is 8.55. The molecule has 0 atom stereocenters. The fourth-order valence-corrected chi connectivity index (χ4v) is 1.46. The van der Waals surface area contributed by atoms with E-state index in [1.807, 2.05) is 13.8 Å². The molecule has 3 heteroatoms. The molecule has 0 spiro atoms. The number of Topliss-reactive ketones (excluding diaryl/α,β-unsaturated/α-hetero) is 1. The van der Waals surface area contributed by atoms with Crippen LogP contribution in [0.3, 0.4) is 0 Å². The number of carbonyl (C=O) groups excluding carboxylic acids is 1. The van der Waals surface area contributed by atoms with Crippen LogP contribution in [-0.2, 0) is 4.79 Å². The number of likely N-dealkylation sites (tertiary alicyclic amines) is 1. The number of hydrogen-bond donors (Lipinski definition) is 1. The van der Waals surface area contributed by atoms with Crippen LogP contribution in [-0.4, -0.2) is 41.0 Å². The van der Waals surface area contributed by atoms with E-state index in [9.17, 15) is 9.90 Å². The zero-order valence-corrected chi connectivity index (χ0v) is 8.55. The first-order valence-corrected chi connectivity index (χ1v) is 4.94. The Labute approximate surface area is 79.7 Å². The molecule has 13 heavy (non-hydrogen) atoms. The molecule has 1 fully saturated rings. The highest BCUT2D eigenvalue weighted by Crippen LogP contribution is 2.11. The third kappa shape index (κ3) is 4.39. The zero-order chi connectivity index (χ0) is 9.90. The Morgan fingerprint density at radius 3 is 2.38 bits per heavy atom. The average Bonchev–Trinajstić information content (AvgIpc) is 2.02. The molecule has 0 radical (unpaired) electrons. The molecule has 0 saturated carbocycles. The van der Waals surface area contributed by atoms with Crippen molar-refractivity contribution in [1.29, 1.82) is 0 Å². The smallest absolute Gasteiger partial charge is 0.135 e. The molecule has 1 saturated heterocycles. The van der Waals surface area contributed by atoms with E-state index in [2.05, 4.69) is 4.90 Å². The van der Waals surface area contributed by atoms with Gasteiger partial charge in [-0.25, -0.2) is 0 Å². The second-order valence-corrected chi connectivity index (χ2v) is 4.44. The van der Waals surface area contributed by atoms with Crippen LogP contribution in [0.15, 0.2) is 0 Å². The molecule has 0 aliphatic carbocycles. The van der Waals surface area contributed by atoms with Crippen LogP contribution in [0.5, 0.6) is 0 Å². The Kier molecular flexibility index (Phi) is 3.45. The van der Waals surface area contributed by atoms with Crippen molar-refractivity contribution in [2.45, 2.75) is 38.7 Å². The van der Waals surface area contributed by atoms with E-state index in [1.165, 1.54) is 0 Å². The molecule has 1 aliphatic rings. The fourth-order valence-electron chi connectivity index (χ4n) is 1.46. The number of rotatable bonds is 3. The molecule has 3 nitrogen and oxygen atoms in total. The summed E-state index contributed by atoms with van der Waals surface area (Å²) >= 11 is 0. The standard InChI is InChI=1S/C10H19NO2/c1-10(2,13)5-8-11-6-3-9(12)4-7-11/h13H,3-8H2,1-2H3. The van der Waals surface area contributed by atoms with Gasteiger partial charge in [0.15, 0.2) is 0 Å². The van der Waals surface area contributed by atoms with Gasteiger partial charge in [-0.1, -0.05) is 0 Å². The SMILES string of the molecule is CC(C)(O)CCN1CCC(=O)CC1. The minimum absolute atomic E-state index is 0.375. The maximum atomic E-state index is 10.9. The molecule has 0 aromatic carbocycles. The maximum Gasteiger partial charge on any atom is 0.135 e. The Morgan fingerprint density at radius 2 is 1.92 bits per heavy atom. The van der Waals surface area contributed by atoms with Gasteiger partial charge in [-0.05, 0) is 20.3 Å². The normalized spacial score (nSPS) is 20.7. The Morgan fingerprint density at radius 1 is 1.38 bits per heavy atom. The molecule has 1 N–H and O–H groups in total. The van der Waals surface area contributed by atoms with E-state index in [0.29, 0.717) is 18.6 Å². The molecule has 0 aromatic heterocycles. The van der Waals surface area contributed by atoms with Crippen molar-refractivity contribution in [1.82, 2.24) is 4.90 Å². The van der Waals surface area contributed by atoms with Crippen molar-refractivity contribution in [3.05, 3.63) is 0 Å². The van der Waals surface area contributed by atoms with Gasteiger partial charge in [0.05, 0.1) is 5.60 Å². The van der Waals surface area contributed by atoms with Crippen molar-refractivity contribution < 1.29 is 9.90 Å². The quantitative estimate of drug-likeness (QED) is 0.707. The number of ketones is 1. The Balaban J connectivity index is 2.20. The monoisotopic (exact) mass is 185 g/mol. The van der Waals surface area contributed by atoms with Crippen LogP contribution in [0.4, 0.5) is 0 Å². The van der Waals surface area contributed by atoms with Crippen LogP contribution >= 0.6 is 0 Å². The van der Waals surface area contributed by atoms with Crippen LogP contribution in [0.25, 0.3) is 0 Å². The highest BCUT2D eigenvalue weighted by atomic mass is 16.3. The predicted octanol–water partition coefficient (Wildman–Crippen LogP) is 0.812. The lowest BCUT2D eigenvalue weighted by molar-refractivity contribution is -0.121. The summed E-state index contributed by atoms with van der Waals surface area (Å²) in [6.07, 6.45) is 2.15. The molecule has 1 rings (SSSR count). The van der Waals surface area contributed by atoms with Crippen molar-refractivity contribution in [2.75, 3.05) is 19.6 Å². The minimum atomic E-state index is -0.582. The summed E-state index contributed by atoms with van der Waals surface area (Å²) in [4.78, 5) is 13.2. The first kappa shape index (κ1) is 10.7. The molecule has 0 unspecified atom stereocenters. The van der Waals surface area contributed by atoms with E-state index in [-0.39, 0.29) is 0 Å². The maximum absolute atomic E-state index is 10.9. The van der Waals surface area contributed by atoms with Crippen LogP contribution in [0.1, 0.15) is 33.1 Å². The van der Waals surface area contributed by atoms with E-state index in [4.69, 9.17) is 0 Å². The van der Waals surface area contributed by atoms with E-state index in [1.54, 1.807) is 0 Å². The number of nitrogens with zero attached hydrogens (tertiary/aromatic N) is 1. The van der Waals surface area contributed by atoms with E-state index >= 15 is 0 Å². The molecule has 1 heterocycles.